The molecule has 118 valence electrons. The molecule has 3 nitrogen and oxygen atoms in total. The molecular weight excluding hydrogens is 246 g/mol. The van der Waals surface area contributed by atoms with Gasteiger partial charge in [-0.3, -0.25) is 9.80 Å². The van der Waals surface area contributed by atoms with E-state index in [1.165, 1.54) is 26.2 Å². The van der Waals surface area contributed by atoms with E-state index in [1.807, 2.05) is 27.0 Å². The molecule has 0 aromatic rings. The molecule has 0 saturated carbocycles. The predicted octanol–water partition coefficient (Wildman–Crippen LogP) is 3.41. The highest BCUT2D eigenvalue weighted by Gasteiger charge is 2.25. The zero-order chi connectivity index (χ0) is 15.6. The zero-order valence-electron chi connectivity index (χ0n) is 14.5. The lowest BCUT2D eigenvalue weighted by Gasteiger charge is -2.42. The van der Waals surface area contributed by atoms with Crippen LogP contribution in [0, 0.1) is 0 Å². The first-order chi connectivity index (χ1) is 9.47. The van der Waals surface area contributed by atoms with Crippen LogP contribution in [0.15, 0.2) is 25.1 Å². The molecule has 0 atom stereocenters. The maximum Gasteiger partial charge on any atom is 0.0346 e. The summed E-state index contributed by atoms with van der Waals surface area (Å²) in [6.07, 6.45) is 6.03. The Hall–Kier alpha value is -0.800. The van der Waals surface area contributed by atoms with Crippen LogP contribution in [-0.2, 0) is 0 Å². The van der Waals surface area contributed by atoms with Gasteiger partial charge in [0, 0.05) is 44.8 Å². The van der Waals surface area contributed by atoms with Crippen LogP contribution in [0.5, 0.6) is 0 Å². The van der Waals surface area contributed by atoms with E-state index < -0.39 is 0 Å². The fraction of sp³-hybridized carbons (Fsp3) is 0.765. The number of hydrogen-bond acceptors (Lipinski definition) is 3. The maximum atomic E-state index is 3.84. The van der Waals surface area contributed by atoms with E-state index in [1.54, 1.807) is 0 Å². The van der Waals surface area contributed by atoms with E-state index in [2.05, 4.69) is 54.3 Å². The number of nitrogens with zero attached hydrogens (tertiary/aromatic N) is 3. The Morgan fingerprint density at radius 3 is 2.05 bits per heavy atom. The second-order valence-electron chi connectivity index (χ2n) is 5.90. The summed E-state index contributed by atoms with van der Waals surface area (Å²) in [6.45, 7) is 23.6. The highest BCUT2D eigenvalue weighted by Crippen LogP contribution is 2.15. The van der Waals surface area contributed by atoms with E-state index in [-0.39, 0.29) is 0 Å². The first kappa shape index (κ1) is 19.2. The van der Waals surface area contributed by atoms with Gasteiger partial charge in [-0.05, 0) is 40.1 Å². The van der Waals surface area contributed by atoms with Crippen molar-refractivity contribution >= 4 is 0 Å². The summed E-state index contributed by atoms with van der Waals surface area (Å²) < 4.78 is 0. The van der Waals surface area contributed by atoms with E-state index in [4.69, 9.17) is 0 Å². The van der Waals surface area contributed by atoms with Gasteiger partial charge in [-0.15, -0.1) is 0 Å². The average molecular weight is 281 g/mol. The molecule has 0 spiro atoms. The number of allylic oxidation sites excluding steroid dienone is 1. The van der Waals surface area contributed by atoms with Crippen LogP contribution in [0.3, 0.4) is 0 Å². The van der Waals surface area contributed by atoms with Gasteiger partial charge in [0.25, 0.3) is 0 Å². The van der Waals surface area contributed by atoms with Crippen molar-refractivity contribution in [1.29, 1.82) is 0 Å². The first-order valence-corrected chi connectivity index (χ1v) is 7.96. The van der Waals surface area contributed by atoms with Gasteiger partial charge in [-0.25, -0.2) is 0 Å². The molecule has 0 bridgehead atoms. The monoisotopic (exact) mass is 281 g/mol. The second-order valence-corrected chi connectivity index (χ2v) is 5.90. The smallest absolute Gasteiger partial charge is 0.0346 e. The fourth-order valence-corrected chi connectivity index (χ4v) is 2.32. The summed E-state index contributed by atoms with van der Waals surface area (Å²) in [5.74, 6) is 0. The number of piperazine rings is 1. The number of rotatable bonds is 5. The Morgan fingerprint density at radius 2 is 1.65 bits per heavy atom. The van der Waals surface area contributed by atoms with Crippen molar-refractivity contribution in [1.82, 2.24) is 14.7 Å². The van der Waals surface area contributed by atoms with E-state index in [0.29, 0.717) is 5.54 Å². The maximum absolute atomic E-state index is 3.84. The molecule has 0 unspecified atom stereocenters. The van der Waals surface area contributed by atoms with Crippen molar-refractivity contribution in [3.63, 3.8) is 0 Å². The minimum absolute atomic E-state index is 0.310. The van der Waals surface area contributed by atoms with Crippen LogP contribution in [0.1, 0.15) is 41.5 Å². The molecule has 1 heterocycles. The molecule has 20 heavy (non-hydrogen) atoms. The van der Waals surface area contributed by atoms with Gasteiger partial charge in [-0.1, -0.05) is 26.5 Å². The van der Waals surface area contributed by atoms with Crippen LogP contribution < -0.4 is 0 Å². The van der Waals surface area contributed by atoms with Crippen molar-refractivity contribution in [2.75, 3.05) is 39.3 Å². The van der Waals surface area contributed by atoms with E-state index >= 15 is 0 Å². The Labute approximate surface area is 126 Å². The Bertz CT molecular complexity index is 270. The molecule has 0 aromatic carbocycles. The lowest BCUT2D eigenvalue weighted by molar-refractivity contribution is 0.0609. The van der Waals surface area contributed by atoms with Crippen LogP contribution in [0.2, 0.25) is 0 Å². The summed E-state index contributed by atoms with van der Waals surface area (Å²) in [7, 11) is 0. The highest BCUT2D eigenvalue weighted by atomic mass is 15.3. The standard InChI is InChI=1S/C15H29N3.C2H6/c1-6-8-16(7-2)9-10-17-11-13-18(14-12-17)15(3,4)5;1-2/h6-8H,2,9-14H2,1,3-5H3;1-2H3/b8-6-;. The molecule has 0 aliphatic carbocycles. The van der Waals surface area contributed by atoms with Crippen molar-refractivity contribution < 1.29 is 0 Å². The molecular formula is C17H35N3. The first-order valence-electron chi connectivity index (χ1n) is 7.96. The highest BCUT2D eigenvalue weighted by molar-refractivity contribution is 4.87. The summed E-state index contributed by atoms with van der Waals surface area (Å²) >= 11 is 0. The summed E-state index contributed by atoms with van der Waals surface area (Å²) in [5.41, 5.74) is 0.310. The third-order valence-electron chi connectivity index (χ3n) is 3.57. The largest absolute Gasteiger partial charge is 0.354 e. The lowest BCUT2D eigenvalue weighted by Crippen LogP contribution is -2.54. The van der Waals surface area contributed by atoms with Crippen molar-refractivity contribution in [3.8, 4) is 0 Å². The van der Waals surface area contributed by atoms with Gasteiger partial charge < -0.3 is 4.90 Å². The normalized spacial score (nSPS) is 17.7. The van der Waals surface area contributed by atoms with Gasteiger partial charge in [-0.2, -0.15) is 0 Å². The molecule has 1 saturated heterocycles. The molecule has 1 fully saturated rings. The summed E-state index contributed by atoms with van der Waals surface area (Å²) in [5, 5.41) is 0. The van der Waals surface area contributed by atoms with Crippen molar-refractivity contribution in [2.45, 2.75) is 47.1 Å². The topological polar surface area (TPSA) is 9.72 Å². The Kier molecular flexibility index (Phi) is 9.60. The second kappa shape index (κ2) is 10.0. The van der Waals surface area contributed by atoms with Crippen molar-refractivity contribution in [2.24, 2.45) is 0 Å². The Morgan fingerprint density at radius 1 is 1.10 bits per heavy atom. The molecule has 3 heteroatoms. The van der Waals surface area contributed by atoms with Crippen LogP contribution in [0.4, 0.5) is 0 Å². The third-order valence-corrected chi connectivity index (χ3v) is 3.57. The van der Waals surface area contributed by atoms with Crippen LogP contribution >= 0.6 is 0 Å². The quantitative estimate of drug-likeness (QED) is 0.764. The third kappa shape index (κ3) is 7.11. The fourth-order valence-electron chi connectivity index (χ4n) is 2.32. The van der Waals surface area contributed by atoms with Crippen LogP contribution in [-0.4, -0.2) is 59.5 Å². The SMILES string of the molecule is C=CN(/C=C\C)CCN1CCN(C(C)(C)C)CC1.CC. The van der Waals surface area contributed by atoms with Gasteiger partial charge in [0.15, 0.2) is 0 Å². The molecule has 0 radical (unpaired) electrons. The molecule has 0 N–H and O–H groups in total. The number of hydrogen-bond donors (Lipinski definition) is 0. The molecule has 1 aliphatic rings. The lowest BCUT2D eigenvalue weighted by atomic mass is 10.1. The summed E-state index contributed by atoms with van der Waals surface area (Å²) in [6, 6.07) is 0. The minimum atomic E-state index is 0.310. The molecule has 1 aliphatic heterocycles. The average Bonchev–Trinajstić information content (AvgIpc) is 2.45. The van der Waals surface area contributed by atoms with E-state index in [9.17, 15) is 0 Å². The molecule has 1 rings (SSSR count). The van der Waals surface area contributed by atoms with Gasteiger partial charge in [0.1, 0.15) is 0 Å². The Balaban J connectivity index is 0.00000172. The van der Waals surface area contributed by atoms with Crippen molar-refractivity contribution in [3.05, 3.63) is 25.1 Å². The van der Waals surface area contributed by atoms with E-state index in [0.717, 1.165) is 13.1 Å². The minimum Gasteiger partial charge on any atom is -0.354 e. The predicted molar refractivity (Wildman–Crippen MR) is 90.8 cm³/mol. The summed E-state index contributed by atoms with van der Waals surface area (Å²) in [4.78, 5) is 7.26. The zero-order valence-corrected chi connectivity index (χ0v) is 14.5. The molecule has 0 aromatic heterocycles. The van der Waals surface area contributed by atoms with Gasteiger partial charge in [0.05, 0.1) is 0 Å². The van der Waals surface area contributed by atoms with Gasteiger partial charge >= 0.3 is 0 Å². The molecule has 0 amide bonds. The van der Waals surface area contributed by atoms with Crippen LogP contribution in [0.25, 0.3) is 0 Å². The van der Waals surface area contributed by atoms with Gasteiger partial charge in [0.2, 0.25) is 0 Å².